The van der Waals surface area contributed by atoms with E-state index in [1.54, 1.807) is 0 Å². The van der Waals surface area contributed by atoms with Crippen molar-refractivity contribution in [2.24, 2.45) is 0 Å². The SMILES string of the molecule is CCC(C)S(C)(C)C(C)(C)C. The van der Waals surface area contributed by atoms with Crippen LogP contribution in [-0.2, 0) is 0 Å². The molecule has 0 aliphatic heterocycles. The lowest BCUT2D eigenvalue weighted by Gasteiger charge is -2.49. The van der Waals surface area contributed by atoms with Crippen molar-refractivity contribution >= 4 is 10.0 Å². The van der Waals surface area contributed by atoms with Crippen molar-refractivity contribution in [3.05, 3.63) is 0 Å². The van der Waals surface area contributed by atoms with E-state index in [0.717, 1.165) is 5.25 Å². The molecule has 0 aliphatic carbocycles. The third-order valence-corrected chi connectivity index (χ3v) is 8.66. The minimum Gasteiger partial charge on any atom is -0.239 e. The zero-order valence-electron chi connectivity index (χ0n) is 9.19. The molecule has 0 aliphatic rings. The van der Waals surface area contributed by atoms with Gasteiger partial charge in [0.05, 0.1) is 0 Å². The third-order valence-electron chi connectivity index (χ3n) is 3.16. The molecule has 0 aromatic rings. The lowest BCUT2D eigenvalue weighted by molar-refractivity contribution is 0.761. The monoisotopic (exact) mass is 176 g/mol. The highest BCUT2D eigenvalue weighted by Crippen LogP contribution is 2.57. The summed E-state index contributed by atoms with van der Waals surface area (Å²) >= 11 is 0. The van der Waals surface area contributed by atoms with Crippen molar-refractivity contribution in [3.63, 3.8) is 0 Å². The fraction of sp³-hybridized carbons (Fsp3) is 1.00. The van der Waals surface area contributed by atoms with Gasteiger partial charge >= 0.3 is 0 Å². The summed E-state index contributed by atoms with van der Waals surface area (Å²) in [5, 5.41) is 0.891. The Morgan fingerprint density at radius 2 is 1.55 bits per heavy atom. The molecule has 0 rings (SSSR count). The molecule has 0 N–H and O–H groups in total. The average Bonchev–Trinajstić information content (AvgIpc) is 1.83. The van der Waals surface area contributed by atoms with Crippen LogP contribution >= 0.6 is 10.0 Å². The molecular weight excluding hydrogens is 152 g/mol. The van der Waals surface area contributed by atoms with Crippen LogP contribution < -0.4 is 0 Å². The van der Waals surface area contributed by atoms with Gasteiger partial charge in [0, 0.05) is 0 Å². The van der Waals surface area contributed by atoms with Gasteiger partial charge in [0.25, 0.3) is 0 Å². The average molecular weight is 176 g/mol. The largest absolute Gasteiger partial charge is 0.239 e. The van der Waals surface area contributed by atoms with Gasteiger partial charge in [-0.1, -0.05) is 34.6 Å². The van der Waals surface area contributed by atoms with Gasteiger partial charge in [-0.05, 0) is 28.9 Å². The van der Waals surface area contributed by atoms with Crippen LogP contribution in [0, 0.1) is 0 Å². The van der Waals surface area contributed by atoms with Crippen molar-refractivity contribution in [1.82, 2.24) is 0 Å². The highest BCUT2D eigenvalue weighted by Gasteiger charge is 2.31. The van der Waals surface area contributed by atoms with E-state index >= 15 is 0 Å². The maximum absolute atomic E-state index is 2.46. The Morgan fingerprint density at radius 3 is 1.64 bits per heavy atom. The number of hydrogen-bond acceptors (Lipinski definition) is 0. The van der Waals surface area contributed by atoms with Crippen LogP contribution in [0.5, 0.6) is 0 Å². The smallest absolute Gasteiger partial charge is 0.00849 e. The first-order valence-electron chi connectivity index (χ1n) is 4.45. The normalized spacial score (nSPS) is 18.1. The molecule has 0 saturated heterocycles. The first-order valence-corrected chi connectivity index (χ1v) is 6.96. The van der Waals surface area contributed by atoms with E-state index in [4.69, 9.17) is 0 Å². The molecule has 0 spiro atoms. The second-order valence-corrected chi connectivity index (χ2v) is 9.58. The zero-order valence-corrected chi connectivity index (χ0v) is 10.0. The summed E-state index contributed by atoms with van der Waals surface area (Å²) in [6.45, 7) is 11.8. The van der Waals surface area contributed by atoms with Crippen molar-refractivity contribution in [1.29, 1.82) is 0 Å². The van der Waals surface area contributed by atoms with E-state index in [0.29, 0.717) is 4.75 Å². The minimum absolute atomic E-state index is 0.427. The second-order valence-electron chi connectivity index (χ2n) is 4.74. The van der Waals surface area contributed by atoms with Crippen LogP contribution in [-0.4, -0.2) is 22.5 Å². The topological polar surface area (TPSA) is 0 Å². The summed E-state index contributed by atoms with van der Waals surface area (Å²) in [4.78, 5) is 0. The molecule has 70 valence electrons. The molecule has 1 heteroatoms. The maximum atomic E-state index is 2.46. The summed E-state index contributed by atoms with van der Waals surface area (Å²) in [7, 11) is -0.427. The van der Waals surface area contributed by atoms with Gasteiger partial charge in [-0.3, -0.25) is 0 Å². The fourth-order valence-electron chi connectivity index (χ4n) is 1.02. The van der Waals surface area contributed by atoms with Crippen LogP contribution in [0.1, 0.15) is 41.0 Å². The lowest BCUT2D eigenvalue weighted by Crippen LogP contribution is -2.30. The van der Waals surface area contributed by atoms with E-state index in [1.165, 1.54) is 6.42 Å². The van der Waals surface area contributed by atoms with Gasteiger partial charge in [-0.25, -0.2) is 10.0 Å². The van der Waals surface area contributed by atoms with E-state index in [2.05, 4.69) is 47.1 Å². The van der Waals surface area contributed by atoms with Crippen LogP contribution in [0.25, 0.3) is 0 Å². The van der Waals surface area contributed by atoms with E-state index in [1.807, 2.05) is 0 Å². The lowest BCUT2D eigenvalue weighted by atomic mass is 10.3. The first kappa shape index (κ1) is 11.4. The Morgan fingerprint density at radius 1 is 1.18 bits per heavy atom. The Hall–Kier alpha value is 0.350. The van der Waals surface area contributed by atoms with Crippen molar-refractivity contribution in [3.8, 4) is 0 Å². The zero-order chi connectivity index (χ0) is 9.28. The summed E-state index contributed by atoms with van der Waals surface area (Å²) in [6, 6.07) is 0. The molecule has 1 unspecified atom stereocenters. The van der Waals surface area contributed by atoms with Crippen molar-refractivity contribution in [2.45, 2.75) is 51.0 Å². The number of hydrogen-bond donors (Lipinski definition) is 0. The summed E-state index contributed by atoms with van der Waals surface area (Å²) < 4.78 is 0.502. The Kier molecular flexibility index (Phi) is 3.49. The number of rotatable bonds is 2. The Balaban J connectivity index is 4.45. The highest BCUT2D eigenvalue weighted by atomic mass is 32.3. The Bertz CT molecular complexity index is 119. The predicted molar refractivity (Wildman–Crippen MR) is 58.9 cm³/mol. The van der Waals surface area contributed by atoms with Gasteiger partial charge in [0.1, 0.15) is 0 Å². The van der Waals surface area contributed by atoms with Gasteiger partial charge in [0.2, 0.25) is 0 Å². The Labute approximate surface area is 74.1 Å². The van der Waals surface area contributed by atoms with Gasteiger partial charge in [0.15, 0.2) is 0 Å². The quantitative estimate of drug-likeness (QED) is 0.602. The van der Waals surface area contributed by atoms with Crippen LogP contribution in [0.3, 0.4) is 0 Å². The summed E-state index contributed by atoms with van der Waals surface area (Å²) in [5.41, 5.74) is 0. The third kappa shape index (κ3) is 2.40. The molecule has 0 aromatic carbocycles. The highest BCUT2D eigenvalue weighted by molar-refractivity contribution is 8.34. The van der Waals surface area contributed by atoms with E-state index < -0.39 is 10.0 Å². The van der Waals surface area contributed by atoms with E-state index in [9.17, 15) is 0 Å². The molecule has 1 atom stereocenters. The maximum Gasteiger partial charge on any atom is -0.00849 e. The molecule has 0 radical (unpaired) electrons. The van der Waals surface area contributed by atoms with Crippen LogP contribution in [0.4, 0.5) is 0 Å². The molecule has 0 saturated carbocycles. The molecule has 0 fully saturated rings. The molecule has 0 amide bonds. The van der Waals surface area contributed by atoms with Gasteiger partial charge in [-0.2, -0.15) is 0 Å². The molecule has 0 aromatic heterocycles. The van der Waals surface area contributed by atoms with Crippen LogP contribution in [0.2, 0.25) is 0 Å². The molecule has 0 nitrogen and oxygen atoms in total. The molecule has 0 bridgehead atoms. The van der Waals surface area contributed by atoms with E-state index in [-0.39, 0.29) is 0 Å². The van der Waals surface area contributed by atoms with Gasteiger partial charge < -0.3 is 0 Å². The molecule has 11 heavy (non-hydrogen) atoms. The minimum atomic E-state index is -0.427. The van der Waals surface area contributed by atoms with Crippen LogP contribution in [0.15, 0.2) is 0 Å². The summed E-state index contributed by atoms with van der Waals surface area (Å²) in [5.74, 6) is 0. The predicted octanol–water partition coefficient (Wildman–Crippen LogP) is 3.65. The fourth-order valence-corrected chi connectivity index (χ4v) is 3.06. The molecular formula is C10H24S. The van der Waals surface area contributed by atoms with Gasteiger partial charge in [-0.15, -0.1) is 0 Å². The van der Waals surface area contributed by atoms with Crippen molar-refractivity contribution < 1.29 is 0 Å². The molecule has 0 heterocycles. The first-order chi connectivity index (χ1) is 4.73. The van der Waals surface area contributed by atoms with Crippen molar-refractivity contribution in [2.75, 3.05) is 12.5 Å². The standard InChI is InChI=1S/C10H24S/c1-8-9(2)11(6,7)10(3,4)5/h9H,8H2,1-7H3. The second kappa shape index (κ2) is 3.38. The summed E-state index contributed by atoms with van der Waals surface area (Å²) in [6.07, 6.45) is 6.24.